The van der Waals surface area contributed by atoms with Gasteiger partial charge in [-0.05, 0) is 35.4 Å². The summed E-state index contributed by atoms with van der Waals surface area (Å²) in [4.78, 5) is -0.214. The van der Waals surface area contributed by atoms with E-state index in [1.807, 2.05) is 0 Å². The second-order valence-electron chi connectivity index (χ2n) is 3.87. The number of ether oxygens (including phenoxy) is 1. The van der Waals surface area contributed by atoms with Crippen LogP contribution in [0.1, 0.15) is 16.0 Å². The molecule has 1 nitrogen and oxygen atoms in total. The largest absolute Gasteiger partial charge is 0.435 e. The molecule has 19 heavy (non-hydrogen) atoms. The summed E-state index contributed by atoms with van der Waals surface area (Å²) in [6.07, 6.45) is 0. The molecule has 0 bridgehead atoms. The third kappa shape index (κ3) is 3.73. The van der Waals surface area contributed by atoms with Gasteiger partial charge in [0.05, 0.1) is 4.83 Å². The van der Waals surface area contributed by atoms with E-state index in [4.69, 9.17) is 0 Å². The normalized spacial score (nSPS) is 12.5. The highest BCUT2D eigenvalue weighted by Crippen LogP contribution is 2.32. The summed E-state index contributed by atoms with van der Waals surface area (Å²) >= 11 is 3.45. The maximum atomic E-state index is 12.8. The standard InChI is InChI=1S/C14H10BrF3O/c15-13(9-4-6-11(16)7-5-9)10-2-1-3-12(8-10)19-14(17)18/h1-8,13-14H. The first-order chi connectivity index (χ1) is 9.06. The smallest absolute Gasteiger partial charge is 0.387 e. The fraction of sp³-hybridized carbons (Fsp3) is 0.143. The number of hydrogen-bond acceptors (Lipinski definition) is 1. The zero-order valence-corrected chi connectivity index (χ0v) is 11.3. The van der Waals surface area contributed by atoms with Gasteiger partial charge in [0.2, 0.25) is 0 Å². The minimum atomic E-state index is -2.85. The average Bonchev–Trinajstić information content (AvgIpc) is 2.38. The molecule has 0 aliphatic carbocycles. The van der Waals surface area contributed by atoms with Crippen molar-refractivity contribution in [1.29, 1.82) is 0 Å². The van der Waals surface area contributed by atoms with E-state index in [2.05, 4.69) is 20.7 Å². The Hall–Kier alpha value is -1.49. The Morgan fingerprint density at radius 3 is 2.26 bits per heavy atom. The van der Waals surface area contributed by atoms with Crippen molar-refractivity contribution in [3.05, 3.63) is 65.5 Å². The molecule has 2 rings (SSSR count). The Balaban J connectivity index is 2.23. The van der Waals surface area contributed by atoms with Crippen LogP contribution in [0, 0.1) is 5.82 Å². The zero-order valence-electron chi connectivity index (χ0n) is 9.69. The summed E-state index contributed by atoms with van der Waals surface area (Å²) in [6.45, 7) is -2.85. The maximum absolute atomic E-state index is 12.8. The molecule has 0 saturated heterocycles. The van der Waals surface area contributed by atoms with Crippen molar-refractivity contribution in [1.82, 2.24) is 0 Å². The molecule has 0 aromatic heterocycles. The van der Waals surface area contributed by atoms with Crippen molar-refractivity contribution in [2.24, 2.45) is 0 Å². The lowest BCUT2D eigenvalue weighted by Gasteiger charge is -2.12. The van der Waals surface area contributed by atoms with Gasteiger partial charge in [0, 0.05) is 0 Å². The molecular formula is C14H10BrF3O. The molecule has 0 fully saturated rings. The second-order valence-corrected chi connectivity index (χ2v) is 4.78. The lowest BCUT2D eigenvalue weighted by Crippen LogP contribution is -2.02. The minimum Gasteiger partial charge on any atom is -0.435 e. The van der Waals surface area contributed by atoms with E-state index in [0.29, 0.717) is 0 Å². The Morgan fingerprint density at radius 2 is 1.63 bits per heavy atom. The van der Waals surface area contributed by atoms with Crippen LogP contribution >= 0.6 is 15.9 Å². The van der Waals surface area contributed by atoms with Gasteiger partial charge in [-0.1, -0.05) is 40.2 Å². The van der Waals surface area contributed by atoms with Gasteiger partial charge in [0.25, 0.3) is 0 Å². The van der Waals surface area contributed by atoms with Crippen molar-refractivity contribution in [3.63, 3.8) is 0 Å². The third-order valence-electron chi connectivity index (χ3n) is 2.54. The molecular weight excluding hydrogens is 321 g/mol. The highest BCUT2D eigenvalue weighted by atomic mass is 79.9. The van der Waals surface area contributed by atoms with Gasteiger partial charge in [-0.3, -0.25) is 0 Å². The van der Waals surface area contributed by atoms with Crippen LogP contribution in [-0.2, 0) is 0 Å². The van der Waals surface area contributed by atoms with Crippen LogP contribution in [0.2, 0.25) is 0 Å². The molecule has 100 valence electrons. The van der Waals surface area contributed by atoms with Crippen molar-refractivity contribution >= 4 is 15.9 Å². The SMILES string of the molecule is Fc1ccc(C(Br)c2cccc(OC(F)F)c2)cc1. The van der Waals surface area contributed by atoms with Gasteiger partial charge < -0.3 is 4.74 Å². The molecule has 2 aromatic rings. The van der Waals surface area contributed by atoms with Crippen LogP contribution in [0.3, 0.4) is 0 Å². The van der Waals surface area contributed by atoms with Gasteiger partial charge in [0.1, 0.15) is 11.6 Å². The van der Waals surface area contributed by atoms with E-state index in [-0.39, 0.29) is 16.4 Å². The Labute approximate surface area is 117 Å². The molecule has 0 heterocycles. The Kier molecular flexibility index (Phi) is 4.47. The molecule has 0 spiro atoms. The Morgan fingerprint density at radius 1 is 0.947 bits per heavy atom. The number of alkyl halides is 3. The maximum Gasteiger partial charge on any atom is 0.387 e. The number of hydrogen-bond donors (Lipinski definition) is 0. The molecule has 1 unspecified atom stereocenters. The summed E-state index contributed by atoms with van der Waals surface area (Å²) in [5, 5.41) is 0. The fourth-order valence-electron chi connectivity index (χ4n) is 1.67. The van der Waals surface area contributed by atoms with E-state index in [0.717, 1.165) is 11.1 Å². The highest BCUT2D eigenvalue weighted by molar-refractivity contribution is 9.09. The topological polar surface area (TPSA) is 9.23 Å². The van der Waals surface area contributed by atoms with E-state index in [1.165, 1.54) is 24.3 Å². The first kappa shape index (κ1) is 13.9. The van der Waals surface area contributed by atoms with Crippen molar-refractivity contribution in [2.75, 3.05) is 0 Å². The quantitative estimate of drug-likeness (QED) is 0.723. The van der Waals surface area contributed by atoms with Crippen molar-refractivity contribution < 1.29 is 17.9 Å². The summed E-state index contributed by atoms with van der Waals surface area (Å²) in [5.74, 6) is -0.225. The predicted octanol–water partition coefficient (Wildman–Crippen LogP) is 4.91. The average molecular weight is 331 g/mol. The molecule has 0 aliphatic rings. The first-order valence-electron chi connectivity index (χ1n) is 5.50. The molecule has 5 heteroatoms. The van der Waals surface area contributed by atoms with Crippen molar-refractivity contribution in [2.45, 2.75) is 11.4 Å². The monoisotopic (exact) mass is 330 g/mol. The number of halogens is 4. The molecule has 1 atom stereocenters. The van der Waals surface area contributed by atoms with Crippen LogP contribution in [0.5, 0.6) is 5.75 Å². The minimum absolute atomic E-state index is 0.0964. The van der Waals surface area contributed by atoms with E-state index < -0.39 is 6.61 Å². The number of rotatable bonds is 4. The molecule has 0 amide bonds. The molecule has 0 saturated carbocycles. The molecule has 0 N–H and O–H groups in total. The van der Waals surface area contributed by atoms with Crippen LogP contribution in [0.25, 0.3) is 0 Å². The number of benzene rings is 2. The highest BCUT2D eigenvalue weighted by Gasteiger charge is 2.12. The Bertz CT molecular complexity index is 543. The van der Waals surface area contributed by atoms with Gasteiger partial charge in [-0.25, -0.2) is 4.39 Å². The molecule has 2 aromatic carbocycles. The van der Waals surface area contributed by atoms with Crippen LogP contribution < -0.4 is 4.74 Å². The summed E-state index contributed by atoms with van der Waals surface area (Å²) in [5.41, 5.74) is 1.58. The van der Waals surface area contributed by atoms with Crippen molar-refractivity contribution in [3.8, 4) is 5.75 Å². The summed E-state index contributed by atoms with van der Waals surface area (Å²) < 4.78 is 41.5. The zero-order chi connectivity index (χ0) is 13.8. The lowest BCUT2D eigenvalue weighted by molar-refractivity contribution is -0.0498. The van der Waals surface area contributed by atoms with Gasteiger partial charge in [-0.15, -0.1) is 0 Å². The molecule has 0 radical (unpaired) electrons. The van der Waals surface area contributed by atoms with Gasteiger partial charge in [0.15, 0.2) is 0 Å². The van der Waals surface area contributed by atoms with Crippen LogP contribution in [0.4, 0.5) is 13.2 Å². The second kappa shape index (κ2) is 6.10. The third-order valence-corrected chi connectivity index (χ3v) is 3.60. The summed E-state index contributed by atoms with van der Waals surface area (Å²) in [6, 6.07) is 12.4. The van der Waals surface area contributed by atoms with E-state index in [1.54, 1.807) is 24.3 Å². The van der Waals surface area contributed by atoms with Gasteiger partial charge in [-0.2, -0.15) is 8.78 Å². The van der Waals surface area contributed by atoms with Crippen LogP contribution in [-0.4, -0.2) is 6.61 Å². The lowest BCUT2D eigenvalue weighted by atomic mass is 10.0. The molecule has 0 aliphatic heterocycles. The van der Waals surface area contributed by atoms with Crippen LogP contribution in [0.15, 0.2) is 48.5 Å². The summed E-state index contributed by atoms with van der Waals surface area (Å²) in [7, 11) is 0. The predicted molar refractivity (Wildman–Crippen MR) is 70.2 cm³/mol. The fourth-order valence-corrected chi connectivity index (χ4v) is 2.26. The van der Waals surface area contributed by atoms with Gasteiger partial charge >= 0.3 is 6.61 Å². The van der Waals surface area contributed by atoms with E-state index >= 15 is 0 Å². The van der Waals surface area contributed by atoms with E-state index in [9.17, 15) is 13.2 Å². The first-order valence-corrected chi connectivity index (χ1v) is 6.42.